The van der Waals surface area contributed by atoms with E-state index in [-0.39, 0.29) is 18.3 Å². The molecule has 2 aromatic rings. The van der Waals surface area contributed by atoms with Crippen LogP contribution in [0.1, 0.15) is 28.2 Å². The molecule has 0 atom stereocenters. The molecule has 0 radical (unpaired) electrons. The van der Waals surface area contributed by atoms with Crippen LogP contribution in [0.5, 0.6) is 0 Å². The molecule has 0 fully saturated rings. The van der Waals surface area contributed by atoms with Crippen molar-refractivity contribution in [2.75, 3.05) is 31.6 Å². The maximum absolute atomic E-state index is 12.3. The smallest absolute Gasteiger partial charge is 0.272 e. The summed E-state index contributed by atoms with van der Waals surface area (Å²) in [5.41, 5.74) is 3.81. The van der Waals surface area contributed by atoms with E-state index in [2.05, 4.69) is 44.9 Å². The lowest BCUT2D eigenvalue weighted by Gasteiger charge is -2.19. The minimum atomic E-state index is -0.0893. The van der Waals surface area contributed by atoms with Crippen LogP contribution in [0.4, 0.5) is 5.69 Å². The molecule has 1 aromatic heterocycles. The average molecular weight is 350 g/mol. The number of aromatic nitrogens is 2. The topological polar surface area (TPSA) is 73.0 Å². The Morgan fingerprint density at radius 2 is 2.12 bits per heavy atom. The van der Waals surface area contributed by atoms with Crippen molar-refractivity contribution in [2.45, 2.75) is 19.4 Å². The molecule has 2 heterocycles. The monoisotopic (exact) mass is 349 g/mol. The number of benzene rings is 1. The van der Waals surface area contributed by atoms with Crippen molar-refractivity contribution in [3.05, 3.63) is 47.3 Å². The fourth-order valence-electron chi connectivity index (χ4n) is 2.83. The molecule has 1 aliphatic rings. The van der Waals surface area contributed by atoms with Gasteiger partial charge in [0.15, 0.2) is 5.69 Å². The van der Waals surface area contributed by atoms with Gasteiger partial charge in [-0.05, 0) is 18.6 Å². The van der Waals surface area contributed by atoms with Crippen LogP contribution in [0.2, 0.25) is 0 Å². The lowest BCUT2D eigenvalue weighted by molar-refractivity contribution is 0.0947. The number of H-pyrrole nitrogens is 1. The highest BCUT2D eigenvalue weighted by molar-refractivity contribution is 5.94. The van der Waals surface area contributed by atoms with E-state index in [0.717, 1.165) is 37.2 Å². The van der Waals surface area contributed by atoms with Gasteiger partial charge >= 0.3 is 0 Å². The van der Waals surface area contributed by atoms with Crippen molar-refractivity contribution >= 4 is 24.0 Å². The lowest BCUT2D eigenvalue weighted by Crippen LogP contribution is -2.30. The number of anilines is 1. The molecule has 1 aliphatic heterocycles. The summed E-state index contributed by atoms with van der Waals surface area (Å²) >= 11 is 0. The van der Waals surface area contributed by atoms with Gasteiger partial charge in [-0.15, -0.1) is 12.4 Å². The zero-order chi connectivity index (χ0) is 16.1. The van der Waals surface area contributed by atoms with Crippen molar-refractivity contribution in [3.8, 4) is 0 Å². The first kappa shape index (κ1) is 18.3. The summed E-state index contributed by atoms with van der Waals surface area (Å²) in [7, 11) is 2.06. The Hall–Kier alpha value is -2.05. The van der Waals surface area contributed by atoms with Gasteiger partial charge in [-0.25, -0.2) is 0 Å². The molecular formula is C17H24ClN5O. The Kier molecular flexibility index (Phi) is 6.63. The van der Waals surface area contributed by atoms with Crippen LogP contribution in [0.3, 0.4) is 0 Å². The molecule has 130 valence electrons. The number of fused-ring (bicyclic) bond motifs is 1. The highest BCUT2D eigenvalue weighted by Gasteiger charge is 2.21. The zero-order valence-electron chi connectivity index (χ0n) is 13.8. The Labute approximate surface area is 148 Å². The maximum Gasteiger partial charge on any atom is 0.272 e. The Bertz CT molecular complexity index is 658. The van der Waals surface area contributed by atoms with Gasteiger partial charge in [-0.2, -0.15) is 5.10 Å². The first-order chi connectivity index (χ1) is 11.3. The molecule has 1 amide bonds. The first-order valence-corrected chi connectivity index (χ1v) is 8.07. The largest absolute Gasteiger partial charge is 0.375 e. The SMILES string of the molecule is CN(CCCNC(=O)c1n[nH]c2c1CNCC2)c1ccccc1.Cl. The summed E-state index contributed by atoms with van der Waals surface area (Å²) in [5, 5.41) is 13.4. The predicted octanol–water partition coefficient (Wildman–Crippen LogP) is 1.73. The molecule has 0 aliphatic carbocycles. The number of halogens is 1. The number of carbonyl (C=O) groups excluding carboxylic acids is 1. The molecule has 24 heavy (non-hydrogen) atoms. The third-order valence-corrected chi connectivity index (χ3v) is 4.17. The van der Waals surface area contributed by atoms with Crippen LogP contribution >= 0.6 is 12.4 Å². The summed E-state index contributed by atoms with van der Waals surface area (Å²) < 4.78 is 0. The summed E-state index contributed by atoms with van der Waals surface area (Å²) in [4.78, 5) is 14.4. The number of hydrogen-bond acceptors (Lipinski definition) is 4. The van der Waals surface area contributed by atoms with Gasteiger partial charge in [-0.1, -0.05) is 18.2 Å². The van der Waals surface area contributed by atoms with E-state index in [9.17, 15) is 4.79 Å². The third-order valence-electron chi connectivity index (χ3n) is 4.17. The van der Waals surface area contributed by atoms with Crippen LogP contribution in [0.25, 0.3) is 0 Å². The summed E-state index contributed by atoms with van der Waals surface area (Å²) in [6, 6.07) is 10.2. The minimum absolute atomic E-state index is 0. The molecule has 0 spiro atoms. The summed E-state index contributed by atoms with van der Waals surface area (Å²) in [6.07, 6.45) is 1.79. The molecule has 3 N–H and O–H groups in total. The lowest BCUT2D eigenvalue weighted by atomic mass is 10.1. The first-order valence-electron chi connectivity index (χ1n) is 8.07. The van der Waals surface area contributed by atoms with Crippen molar-refractivity contribution in [3.63, 3.8) is 0 Å². The van der Waals surface area contributed by atoms with Gasteiger partial charge in [0.25, 0.3) is 5.91 Å². The second kappa shape index (κ2) is 8.70. The number of hydrogen-bond donors (Lipinski definition) is 3. The average Bonchev–Trinajstić information content (AvgIpc) is 3.03. The molecule has 1 aromatic carbocycles. The molecule has 0 saturated carbocycles. The fraction of sp³-hybridized carbons (Fsp3) is 0.412. The van der Waals surface area contributed by atoms with E-state index < -0.39 is 0 Å². The number of carbonyl (C=O) groups is 1. The number of amides is 1. The van der Waals surface area contributed by atoms with Crippen molar-refractivity contribution < 1.29 is 4.79 Å². The normalized spacial score (nSPS) is 12.9. The highest BCUT2D eigenvalue weighted by atomic mass is 35.5. The van der Waals surface area contributed by atoms with Crippen molar-refractivity contribution in [1.29, 1.82) is 0 Å². The standard InChI is InChI=1S/C17H23N5O.ClH/c1-22(13-6-3-2-4-7-13)11-5-9-19-17(23)16-14-12-18-10-8-15(14)20-21-16;/h2-4,6-7,18H,5,8-12H2,1H3,(H,19,23)(H,20,21);1H. The van der Waals surface area contributed by atoms with Gasteiger partial charge in [0, 0.05) is 56.6 Å². The quantitative estimate of drug-likeness (QED) is 0.694. The van der Waals surface area contributed by atoms with Crippen LogP contribution in [0, 0.1) is 0 Å². The number of nitrogens with one attached hydrogen (secondary N) is 3. The predicted molar refractivity (Wildman–Crippen MR) is 97.9 cm³/mol. The van der Waals surface area contributed by atoms with Crippen LogP contribution in [-0.2, 0) is 13.0 Å². The van der Waals surface area contributed by atoms with Crippen LogP contribution in [0.15, 0.2) is 30.3 Å². The van der Waals surface area contributed by atoms with Crippen molar-refractivity contribution in [1.82, 2.24) is 20.8 Å². The maximum atomic E-state index is 12.3. The Balaban J connectivity index is 0.00000208. The Morgan fingerprint density at radius 3 is 2.92 bits per heavy atom. The van der Waals surface area contributed by atoms with Gasteiger partial charge in [0.2, 0.25) is 0 Å². The van der Waals surface area contributed by atoms with E-state index in [1.807, 2.05) is 18.2 Å². The van der Waals surface area contributed by atoms with E-state index in [0.29, 0.717) is 18.8 Å². The molecule has 6 nitrogen and oxygen atoms in total. The number of aromatic amines is 1. The van der Waals surface area contributed by atoms with E-state index in [1.165, 1.54) is 5.69 Å². The number of para-hydroxylation sites is 1. The second-order valence-corrected chi connectivity index (χ2v) is 5.82. The highest BCUT2D eigenvalue weighted by Crippen LogP contribution is 2.15. The van der Waals surface area contributed by atoms with Crippen LogP contribution < -0.4 is 15.5 Å². The minimum Gasteiger partial charge on any atom is -0.375 e. The number of nitrogens with zero attached hydrogens (tertiary/aromatic N) is 2. The van der Waals surface area contributed by atoms with Gasteiger partial charge in [0.1, 0.15) is 0 Å². The molecule has 0 bridgehead atoms. The van der Waals surface area contributed by atoms with Crippen LogP contribution in [-0.4, -0.2) is 42.8 Å². The van der Waals surface area contributed by atoms with E-state index >= 15 is 0 Å². The van der Waals surface area contributed by atoms with E-state index in [1.54, 1.807) is 0 Å². The second-order valence-electron chi connectivity index (χ2n) is 5.82. The summed E-state index contributed by atoms with van der Waals surface area (Å²) in [6.45, 7) is 3.18. The molecule has 3 rings (SSSR count). The van der Waals surface area contributed by atoms with Gasteiger partial charge < -0.3 is 15.5 Å². The van der Waals surface area contributed by atoms with Gasteiger partial charge in [-0.3, -0.25) is 9.89 Å². The van der Waals surface area contributed by atoms with Gasteiger partial charge in [0.05, 0.1) is 0 Å². The molecule has 0 saturated heterocycles. The Morgan fingerprint density at radius 1 is 1.33 bits per heavy atom. The molecular weight excluding hydrogens is 326 g/mol. The van der Waals surface area contributed by atoms with E-state index in [4.69, 9.17) is 0 Å². The third kappa shape index (κ3) is 4.27. The molecule has 7 heteroatoms. The molecule has 0 unspecified atom stereocenters. The van der Waals surface area contributed by atoms with Crippen molar-refractivity contribution in [2.24, 2.45) is 0 Å². The zero-order valence-corrected chi connectivity index (χ0v) is 14.7. The fourth-order valence-corrected chi connectivity index (χ4v) is 2.83. The number of rotatable bonds is 6. The summed E-state index contributed by atoms with van der Waals surface area (Å²) in [5.74, 6) is -0.0893.